The lowest BCUT2D eigenvalue weighted by molar-refractivity contribution is -0.116. The highest BCUT2D eigenvalue weighted by atomic mass is 16.2. The highest BCUT2D eigenvalue weighted by molar-refractivity contribution is 5.94. The predicted octanol–water partition coefficient (Wildman–Crippen LogP) is 5.44. The van der Waals surface area contributed by atoms with Gasteiger partial charge in [0, 0.05) is 44.8 Å². The second-order valence-electron chi connectivity index (χ2n) is 10.7. The Bertz CT molecular complexity index is 1250. The first-order chi connectivity index (χ1) is 18.6. The van der Waals surface area contributed by atoms with E-state index in [0.717, 1.165) is 68.7 Å². The minimum absolute atomic E-state index is 0.0332. The van der Waals surface area contributed by atoms with E-state index in [0.29, 0.717) is 11.7 Å². The number of hydrogen-bond donors (Lipinski definition) is 0. The minimum Gasteiger partial charge on any atom is -0.337 e. The van der Waals surface area contributed by atoms with Gasteiger partial charge in [0.2, 0.25) is 5.91 Å². The molecule has 0 saturated carbocycles. The summed E-state index contributed by atoms with van der Waals surface area (Å²) in [4.78, 5) is 41.4. The van der Waals surface area contributed by atoms with Crippen LogP contribution in [0.3, 0.4) is 0 Å². The quantitative estimate of drug-likeness (QED) is 0.456. The zero-order valence-corrected chi connectivity index (χ0v) is 22.5. The average Bonchev–Trinajstić information content (AvgIpc) is 2.97. The monoisotopic (exact) mass is 513 g/mol. The second-order valence-corrected chi connectivity index (χ2v) is 10.7. The number of fused-ring (bicyclic) bond motifs is 2. The van der Waals surface area contributed by atoms with Crippen LogP contribution in [0.4, 0.5) is 5.69 Å². The Labute approximate surface area is 225 Å². The van der Waals surface area contributed by atoms with Gasteiger partial charge in [-0.15, -0.1) is 0 Å². The summed E-state index contributed by atoms with van der Waals surface area (Å²) in [5.74, 6) is 0.0802. The first kappa shape index (κ1) is 26.3. The third kappa shape index (κ3) is 6.21. The molecular weight excluding hydrogens is 474 g/mol. The molecule has 2 amide bonds. The molecule has 1 fully saturated rings. The maximum Gasteiger partial charge on any atom is 0.274 e. The molecular formula is C31H39N5O2. The summed E-state index contributed by atoms with van der Waals surface area (Å²) in [6.07, 6.45) is 10.6. The molecule has 0 atom stereocenters. The van der Waals surface area contributed by atoms with Gasteiger partial charge in [-0.2, -0.15) is 0 Å². The molecule has 2 aliphatic rings. The van der Waals surface area contributed by atoms with E-state index in [-0.39, 0.29) is 11.8 Å². The Morgan fingerprint density at radius 2 is 1.45 bits per heavy atom. The Morgan fingerprint density at radius 1 is 0.789 bits per heavy atom. The molecule has 2 aliphatic heterocycles. The second kappa shape index (κ2) is 12.5. The highest BCUT2D eigenvalue weighted by Crippen LogP contribution is 2.27. The maximum absolute atomic E-state index is 13.2. The Hall–Kier alpha value is -3.32. The molecule has 3 aromatic rings. The number of nitrogens with zero attached hydrogens (tertiary/aromatic N) is 5. The van der Waals surface area contributed by atoms with Crippen LogP contribution >= 0.6 is 0 Å². The molecule has 1 aromatic heterocycles. The van der Waals surface area contributed by atoms with Crippen molar-refractivity contribution in [3.63, 3.8) is 0 Å². The number of para-hydroxylation sites is 3. The lowest BCUT2D eigenvalue weighted by atomic mass is 10.0. The van der Waals surface area contributed by atoms with Crippen molar-refractivity contribution in [1.29, 1.82) is 0 Å². The van der Waals surface area contributed by atoms with Gasteiger partial charge in [0.15, 0.2) is 0 Å². The van der Waals surface area contributed by atoms with E-state index in [9.17, 15) is 9.59 Å². The molecule has 7 heteroatoms. The first-order valence-electron chi connectivity index (χ1n) is 14.2. The minimum atomic E-state index is -0.0332. The van der Waals surface area contributed by atoms with Gasteiger partial charge < -0.3 is 9.80 Å². The number of hydrogen-bond acceptors (Lipinski definition) is 5. The van der Waals surface area contributed by atoms with E-state index in [4.69, 9.17) is 0 Å². The molecule has 0 N–H and O–H groups in total. The molecule has 1 saturated heterocycles. The molecule has 0 unspecified atom stereocenters. The summed E-state index contributed by atoms with van der Waals surface area (Å²) < 4.78 is 0. The number of carbonyl (C=O) groups is 2. The maximum atomic E-state index is 13.2. The number of carbonyl (C=O) groups excluding carboxylic acids is 2. The third-order valence-corrected chi connectivity index (χ3v) is 8.05. The SMILES string of the molecule is CC(=O)N1CCCCCCCCN(C2CCN(C(=O)c3cnc4ccccc4n3)CC2)Cc2ccccc21. The molecule has 0 bridgehead atoms. The molecule has 0 radical (unpaired) electrons. The molecule has 5 rings (SSSR count). The zero-order chi connectivity index (χ0) is 26.3. The van der Waals surface area contributed by atoms with Crippen LogP contribution in [-0.2, 0) is 11.3 Å². The van der Waals surface area contributed by atoms with Crippen molar-refractivity contribution >= 4 is 28.5 Å². The van der Waals surface area contributed by atoms with Crippen LogP contribution in [0.15, 0.2) is 54.7 Å². The molecule has 3 heterocycles. The topological polar surface area (TPSA) is 69.6 Å². The number of rotatable bonds is 2. The number of aromatic nitrogens is 2. The van der Waals surface area contributed by atoms with Crippen LogP contribution in [0.25, 0.3) is 11.0 Å². The van der Waals surface area contributed by atoms with Crippen molar-refractivity contribution in [2.75, 3.05) is 31.1 Å². The van der Waals surface area contributed by atoms with Crippen molar-refractivity contribution in [3.8, 4) is 0 Å². The van der Waals surface area contributed by atoms with Crippen LogP contribution in [0.2, 0.25) is 0 Å². The van der Waals surface area contributed by atoms with Gasteiger partial charge in [-0.05, 0) is 56.0 Å². The summed E-state index contributed by atoms with van der Waals surface area (Å²) in [7, 11) is 0. The van der Waals surface area contributed by atoms with Gasteiger partial charge in [0.05, 0.1) is 17.2 Å². The summed E-state index contributed by atoms with van der Waals surface area (Å²) in [6.45, 7) is 5.77. The van der Waals surface area contributed by atoms with E-state index in [1.165, 1.54) is 37.7 Å². The average molecular weight is 514 g/mol. The van der Waals surface area contributed by atoms with Gasteiger partial charge in [-0.25, -0.2) is 4.98 Å². The molecule has 200 valence electrons. The fourth-order valence-electron chi connectivity index (χ4n) is 5.91. The molecule has 38 heavy (non-hydrogen) atoms. The highest BCUT2D eigenvalue weighted by Gasteiger charge is 2.29. The number of amides is 2. The van der Waals surface area contributed by atoms with Crippen molar-refractivity contribution in [3.05, 3.63) is 66.0 Å². The van der Waals surface area contributed by atoms with Gasteiger partial charge in [0.1, 0.15) is 5.69 Å². The number of piperidine rings is 1. The van der Waals surface area contributed by atoms with Crippen LogP contribution < -0.4 is 4.90 Å². The van der Waals surface area contributed by atoms with Crippen molar-refractivity contribution < 1.29 is 9.59 Å². The predicted molar refractivity (Wildman–Crippen MR) is 151 cm³/mol. The normalized spacial score (nSPS) is 18.8. The van der Waals surface area contributed by atoms with E-state index in [1.807, 2.05) is 40.1 Å². The molecule has 7 nitrogen and oxygen atoms in total. The summed E-state index contributed by atoms with van der Waals surface area (Å²) in [5.41, 5.74) is 4.24. The summed E-state index contributed by atoms with van der Waals surface area (Å²) in [5, 5.41) is 0. The zero-order valence-electron chi connectivity index (χ0n) is 22.5. The Morgan fingerprint density at radius 3 is 2.21 bits per heavy atom. The summed E-state index contributed by atoms with van der Waals surface area (Å²) in [6, 6.07) is 16.5. The standard InChI is InChI=1S/C31H39N5O2/c1-24(37)36-19-11-5-3-2-4-10-18-35(23-25-12-6-9-15-30(25)36)26-16-20-34(21-17-26)31(38)29-22-32-27-13-7-8-14-28(27)33-29/h6-9,12-15,22,26H,2-5,10-11,16-21,23H2,1H3. The smallest absolute Gasteiger partial charge is 0.274 e. The van der Waals surface area contributed by atoms with Crippen LogP contribution in [-0.4, -0.2) is 63.8 Å². The number of likely N-dealkylation sites (tertiary alicyclic amines) is 1. The third-order valence-electron chi connectivity index (χ3n) is 8.05. The van der Waals surface area contributed by atoms with E-state index >= 15 is 0 Å². The lowest BCUT2D eigenvalue weighted by Gasteiger charge is -2.39. The molecule has 0 spiro atoms. The van der Waals surface area contributed by atoms with Crippen molar-refractivity contribution in [2.24, 2.45) is 0 Å². The summed E-state index contributed by atoms with van der Waals surface area (Å²) >= 11 is 0. The number of benzene rings is 2. The van der Waals surface area contributed by atoms with Crippen LogP contribution in [0.1, 0.15) is 74.3 Å². The van der Waals surface area contributed by atoms with E-state index in [2.05, 4.69) is 33.1 Å². The fraction of sp³-hybridized carbons (Fsp3) is 0.484. The van der Waals surface area contributed by atoms with Gasteiger partial charge in [0.25, 0.3) is 5.91 Å². The van der Waals surface area contributed by atoms with E-state index < -0.39 is 0 Å². The van der Waals surface area contributed by atoms with Crippen molar-refractivity contribution in [2.45, 2.75) is 70.9 Å². The van der Waals surface area contributed by atoms with Gasteiger partial charge in [-0.1, -0.05) is 56.0 Å². The molecule has 0 aliphatic carbocycles. The number of anilines is 1. The lowest BCUT2D eigenvalue weighted by Crippen LogP contribution is -2.47. The first-order valence-corrected chi connectivity index (χ1v) is 14.2. The van der Waals surface area contributed by atoms with Crippen molar-refractivity contribution in [1.82, 2.24) is 19.8 Å². The fourth-order valence-corrected chi connectivity index (χ4v) is 5.91. The van der Waals surface area contributed by atoms with Crippen LogP contribution in [0, 0.1) is 0 Å². The Kier molecular flexibility index (Phi) is 8.64. The largest absolute Gasteiger partial charge is 0.337 e. The van der Waals surface area contributed by atoms with E-state index in [1.54, 1.807) is 13.1 Å². The van der Waals surface area contributed by atoms with Crippen LogP contribution in [0.5, 0.6) is 0 Å². The van der Waals surface area contributed by atoms with Gasteiger partial charge >= 0.3 is 0 Å². The Balaban J connectivity index is 1.29. The van der Waals surface area contributed by atoms with Gasteiger partial charge in [-0.3, -0.25) is 19.5 Å². The molecule has 2 aromatic carbocycles.